The zero-order valence-corrected chi connectivity index (χ0v) is 15.0. The molecule has 0 spiro atoms. The Morgan fingerprint density at radius 2 is 1.70 bits per heavy atom. The number of hydrogen-bond acceptors (Lipinski definition) is 3. The monoisotopic (exact) mass is 398 g/mol. The average Bonchev–Trinajstić information content (AvgIpc) is 2.65. The van der Waals surface area contributed by atoms with Gasteiger partial charge >= 0.3 is 0 Å². The average molecular weight is 398 g/mol. The molecule has 27 heavy (non-hydrogen) atoms. The van der Waals surface area contributed by atoms with E-state index in [0.717, 1.165) is 46.8 Å². The molecule has 0 radical (unpaired) electrons. The number of amides is 1. The van der Waals surface area contributed by atoms with Crippen molar-refractivity contribution in [3.05, 3.63) is 59.9 Å². The highest BCUT2D eigenvalue weighted by molar-refractivity contribution is 7.89. The summed E-state index contributed by atoms with van der Waals surface area (Å²) >= 11 is 0. The van der Waals surface area contributed by atoms with Gasteiger partial charge in [0.05, 0.1) is 16.5 Å². The number of piperidine rings is 1. The number of halogens is 3. The van der Waals surface area contributed by atoms with Crippen molar-refractivity contribution in [1.82, 2.24) is 4.31 Å². The molecule has 0 aliphatic carbocycles. The third-order valence-corrected chi connectivity index (χ3v) is 6.27. The highest BCUT2D eigenvalue weighted by Gasteiger charge is 2.33. The van der Waals surface area contributed by atoms with Crippen LogP contribution in [0.1, 0.15) is 12.8 Å². The van der Waals surface area contributed by atoms with Gasteiger partial charge in [0.2, 0.25) is 15.9 Å². The molecule has 0 saturated carbocycles. The van der Waals surface area contributed by atoms with Crippen LogP contribution >= 0.6 is 0 Å². The lowest BCUT2D eigenvalue weighted by molar-refractivity contribution is -0.120. The van der Waals surface area contributed by atoms with Crippen LogP contribution in [0.3, 0.4) is 0 Å². The predicted molar refractivity (Wildman–Crippen MR) is 92.9 cm³/mol. The van der Waals surface area contributed by atoms with Gasteiger partial charge < -0.3 is 5.32 Å². The molecule has 1 unspecified atom stereocenters. The fourth-order valence-corrected chi connectivity index (χ4v) is 4.48. The maximum absolute atomic E-state index is 13.7. The first-order chi connectivity index (χ1) is 12.8. The molecule has 3 rings (SSSR count). The summed E-state index contributed by atoms with van der Waals surface area (Å²) in [5.74, 6) is -3.33. The Hall–Kier alpha value is -2.39. The minimum atomic E-state index is -3.88. The number of sulfonamides is 1. The molecule has 2 aromatic carbocycles. The molecule has 0 bridgehead atoms. The molecule has 1 aliphatic rings. The quantitative estimate of drug-likeness (QED) is 0.861. The molecule has 0 aromatic heterocycles. The summed E-state index contributed by atoms with van der Waals surface area (Å²) in [6.07, 6.45) is 0.850. The van der Waals surface area contributed by atoms with Crippen molar-refractivity contribution < 1.29 is 26.4 Å². The molecule has 144 valence electrons. The second kappa shape index (κ2) is 7.69. The second-order valence-electron chi connectivity index (χ2n) is 6.27. The molecule has 5 nitrogen and oxygen atoms in total. The SMILES string of the molecule is O=C(Nc1cc(F)ccc1F)C1CCCN(S(=O)(=O)c2ccc(F)cc2)C1. The van der Waals surface area contributed by atoms with Crippen molar-refractivity contribution in [2.45, 2.75) is 17.7 Å². The third kappa shape index (κ3) is 4.30. The minimum absolute atomic E-state index is 0.0684. The normalized spacial score (nSPS) is 18.3. The van der Waals surface area contributed by atoms with Crippen LogP contribution in [-0.2, 0) is 14.8 Å². The van der Waals surface area contributed by atoms with E-state index < -0.39 is 39.3 Å². The van der Waals surface area contributed by atoms with E-state index in [1.807, 2.05) is 0 Å². The molecular formula is C18H17F3N2O3S. The van der Waals surface area contributed by atoms with Crippen molar-refractivity contribution >= 4 is 21.6 Å². The lowest BCUT2D eigenvalue weighted by Gasteiger charge is -2.31. The van der Waals surface area contributed by atoms with E-state index in [1.165, 1.54) is 0 Å². The standard InChI is InChI=1S/C18H17F3N2O3S/c19-13-3-6-15(7-4-13)27(25,26)23-9-1-2-12(11-23)18(24)22-17-10-14(20)5-8-16(17)21/h3-8,10,12H,1-2,9,11H2,(H,22,24). The summed E-state index contributed by atoms with van der Waals surface area (Å²) in [6, 6.07) is 7.12. The maximum Gasteiger partial charge on any atom is 0.243 e. The van der Waals surface area contributed by atoms with E-state index >= 15 is 0 Å². The van der Waals surface area contributed by atoms with E-state index in [-0.39, 0.29) is 23.7 Å². The van der Waals surface area contributed by atoms with E-state index in [2.05, 4.69) is 5.32 Å². The van der Waals surface area contributed by atoms with Crippen LogP contribution in [0.2, 0.25) is 0 Å². The number of carbonyl (C=O) groups excluding carboxylic acids is 1. The molecule has 9 heteroatoms. The van der Waals surface area contributed by atoms with Gasteiger partial charge in [-0.2, -0.15) is 4.31 Å². The summed E-state index contributed by atoms with van der Waals surface area (Å²) in [7, 11) is -3.88. The molecular weight excluding hydrogens is 381 g/mol. The first kappa shape index (κ1) is 19.4. The summed E-state index contributed by atoms with van der Waals surface area (Å²) in [6.45, 7) is 0.125. The zero-order valence-electron chi connectivity index (χ0n) is 14.2. The Balaban J connectivity index is 1.74. The Bertz CT molecular complexity index is 949. The molecule has 1 fully saturated rings. The number of rotatable bonds is 4. The van der Waals surface area contributed by atoms with E-state index in [1.54, 1.807) is 0 Å². The van der Waals surface area contributed by atoms with Gasteiger partial charge in [0, 0.05) is 19.2 Å². The Morgan fingerprint density at radius 1 is 1.04 bits per heavy atom. The highest BCUT2D eigenvalue weighted by Crippen LogP contribution is 2.25. The predicted octanol–water partition coefficient (Wildman–Crippen LogP) is 3.14. The molecule has 2 aromatic rings. The second-order valence-corrected chi connectivity index (χ2v) is 8.21. The van der Waals surface area contributed by atoms with Crippen LogP contribution in [0.4, 0.5) is 18.9 Å². The largest absolute Gasteiger partial charge is 0.323 e. The minimum Gasteiger partial charge on any atom is -0.323 e. The van der Waals surface area contributed by atoms with Crippen LogP contribution in [0, 0.1) is 23.4 Å². The fraction of sp³-hybridized carbons (Fsp3) is 0.278. The zero-order chi connectivity index (χ0) is 19.6. The van der Waals surface area contributed by atoms with Gasteiger partial charge in [0.1, 0.15) is 17.5 Å². The lowest BCUT2D eigenvalue weighted by atomic mass is 9.98. The number of carbonyl (C=O) groups is 1. The van der Waals surface area contributed by atoms with Crippen molar-refractivity contribution in [2.75, 3.05) is 18.4 Å². The Morgan fingerprint density at radius 3 is 2.41 bits per heavy atom. The maximum atomic E-state index is 13.7. The number of benzene rings is 2. The lowest BCUT2D eigenvalue weighted by Crippen LogP contribution is -2.43. The molecule has 1 heterocycles. The molecule has 1 amide bonds. The molecule has 1 saturated heterocycles. The molecule has 1 N–H and O–H groups in total. The molecule has 1 aliphatic heterocycles. The first-order valence-corrected chi connectivity index (χ1v) is 9.73. The van der Waals surface area contributed by atoms with E-state index in [9.17, 15) is 26.4 Å². The number of nitrogens with one attached hydrogen (secondary N) is 1. The van der Waals surface area contributed by atoms with Crippen LogP contribution < -0.4 is 5.32 Å². The summed E-state index contributed by atoms with van der Waals surface area (Å²) in [5.41, 5.74) is -0.293. The van der Waals surface area contributed by atoms with Crippen molar-refractivity contribution in [3.63, 3.8) is 0 Å². The van der Waals surface area contributed by atoms with Gasteiger partial charge in [-0.15, -0.1) is 0 Å². The highest BCUT2D eigenvalue weighted by atomic mass is 32.2. The van der Waals surface area contributed by atoms with Crippen LogP contribution in [0.5, 0.6) is 0 Å². The van der Waals surface area contributed by atoms with Crippen molar-refractivity contribution in [1.29, 1.82) is 0 Å². The summed E-state index contributed by atoms with van der Waals surface area (Å²) in [4.78, 5) is 12.3. The third-order valence-electron chi connectivity index (χ3n) is 4.39. The van der Waals surface area contributed by atoms with Gasteiger partial charge in [-0.05, 0) is 49.2 Å². The van der Waals surface area contributed by atoms with Crippen molar-refractivity contribution in [3.8, 4) is 0 Å². The number of anilines is 1. The van der Waals surface area contributed by atoms with Gasteiger partial charge in [-0.1, -0.05) is 0 Å². The van der Waals surface area contributed by atoms with Gasteiger partial charge in [-0.3, -0.25) is 4.79 Å². The molecule has 1 atom stereocenters. The first-order valence-electron chi connectivity index (χ1n) is 8.29. The summed E-state index contributed by atoms with van der Waals surface area (Å²) < 4.78 is 66.5. The van der Waals surface area contributed by atoms with Gasteiger partial charge in [0.15, 0.2) is 0 Å². The van der Waals surface area contributed by atoms with Crippen molar-refractivity contribution in [2.24, 2.45) is 5.92 Å². The van der Waals surface area contributed by atoms with E-state index in [0.29, 0.717) is 12.8 Å². The Kier molecular flexibility index (Phi) is 5.52. The van der Waals surface area contributed by atoms with Gasteiger partial charge in [-0.25, -0.2) is 21.6 Å². The van der Waals surface area contributed by atoms with Crippen LogP contribution in [0.15, 0.2) is 47.4 Å². The van der Waals surface area contributed by atoms with Crippen LogP contribution in [-0.4, -0.2) is 31.7 Å². The number of hydrogen-bond donors (Lipinski definition) is 1. The summed E-state index contributed by atoms with van der Waals surface area (Å²) in [5, 5.41) is 2.31. The Labute approximate surface area is 154 Å². The van der Waals surface area contributed by atoms with E-state index in [4.69, 9.17) is 0 Å². The fourth-order valence-electron chi connectivity index (χ4n) is 2.96. The number of nitrogens with zero attached hydrogens (tertiary/aromatic N) is 1. The van der Waals surface area contributed by atoms with Gasteiger partial charge in [0.25, 0.3) is 0 Å². The smallest absolute Gasteiger partial charge is 0.243 e. The van der Waals surface area contributed by atoms with Crippen LogP contribution in [0.25, 0.3) is 0 Å². The topological polar surface area (TPSA) is 66.5 Å².